The van der Waals surface area contributed by atoms with Gasteiger partial charge < -0.3 is 30.1 Å². The molecule has 0 bridgehead atoms. The van der Waals surface area contributed by atoms with Crippen LogP contribution in [0.1, 0.15) is 37.9 Å². The highest BCUT2D eigenvalue weighted by Gasteiger charge is 2.36. The summed E-state index contributed by atoms with van der Waals surface area (Å²) in [5, 5.41) is 14.6. The molecule has 2 atom stereocenters. The van der Waals surface area contributed by atoms with E-state index in [1.165, 1.54) is 13.2 Å². The van der Waals surface area contributed by atoms with Gasteiger partial charge in [-0.25, -0.2) is 4.79 Å². The minimum absolute atomic E-state index is 0.138. The van der Waals surface area contributed by atoms with Gasteiger partial charge in [0.1, 0.15) is 24.2 Å². The van der Waals surface area contributed by atoms with Gasteiger partial charge in [0.2, 0.25) is 11.8 Å². The molecule has 0 spiro atoms. The molecule has 0 aliphatic carbocycles. The molecule has 1 aromatic rings. The summed E-state index contributed by atoms with van der Waals surface area (Å²) in [6, 6.07) is 3.73. The maximum Gasteiger partial charge on any atom is 0.408 e. The molecule has 34 heavy (non-hydrogen) atoms. The minimum Gasteiger partial charge on any atom is -0.468 e. The van der Waals surface area contributed by atoms with Crippen molar-refractivity contribution in [3.8, 4) is 12.3 Å². The zero-order chi connectivity index (χ0) is 25.9. The van der Waals surface area contributed by atoms with Gasteiger partial charge in [-0.1, -0.05) is 30.2 Å². The Bertz CT molecular complexity index is 947. The van der Waals surface area contributed by atoms with Crippen LogP contribution < -0.4 is 10.6 Å². The zero-order valence-electron chi connectivity index (χ0n) is 19.8. The van der Waals surface area contributed by atoms with Crippen LogP contribution in [-0.2, 0) is 23.9 Å². The van der Waals surface area contributed by atoms with Gasteiger partial charge in [0.25, 0.3) is 0 Å². The zero-order valence-corrected chi connectivity index (χ0v) is 19.8. The van der Waals surface area contributed by atoms with Crippen LogP contribution >= 0.6 is 0 Å². The highest BCUT2D eigenvalue weighted by Crippen LogP contribution is 2.25. The van der Waals surface area contributed by atoms with Crippen LogP contribution in [0, 0.1) is 12.3 Å². The van der Waals surface area contributed by atoms with Crippen molar-refractivity contribution in [3.63, 3.8) is 0 Å². The number of hydrogen-bond donors (Lipinski definition) is 3. The molecule has 0 aliphatic rings. The van der Waals surface area contributed by atoms with Crippen LogP contribution in [0.4, 0.5) is 4.79 Å². The molecule has 184 valence electrons. The first kappa shape index (κ1) is 28.2. The normalized spacial score (nSPS) is 12.4. The predicted octanol–water partition coefficient (Wildman–Crippen LogP) is 0.898. The summed E-state index contributed by atoms with van der Waals surface area (Å²) in [5.41, 5.74) is -0.199. The third kappa shape index (κ3) is 8.26. The molecule has 0 aromatic heterocycles. The van der Waals surface area contributed by atoms with Gasteiger partial charge in [0.05, 0.1) is 13.7 Å². The van der Waals surface area contributed by atoms with Crippen molar-refractivity contribution in [2.45, 2.75) is 38.5 Å². The standard InChI is InChI=1S/C24H31N3O7/c1-7-13-27(22(31)18(15-28)26-23(32)34-24(3,4)5)20(21(30)25-14-19(29)33-6)17-12-10-9-11-16(17)8-2/h2,7,9-12,18,20,28H,1,13-15H2,3-6H3,(H,25,30)(H,26,32). The molecule has 0 aliphatic heterocycles. The Hall–Kier alpha value is -3.84. The summed E-state index contributed by atoms with van der Waals surface area (Å²) in [7, 11) is 1.17. The number of carbonyl (C=O) groups is 4. The molecule has 0 heterocycles. The molecule has 10 heteroatoms. The van der Waals surface area contributed by atoms with E-state index in [-0.39, 0.29) is 6.54 Å². The van der Waals surface area contributed by atoms with E-state index in [9.17, 15) is 24.3 Å². The predicted molar refractivity (Wildman–Crippen MR) is 124 cm³/mol. The Balaban J connectivity index is 3.41. The molecule has 3 N–H and O–H groups in total. The summed E-state index contributed by atoms with van der Waals surface area (Å²) < 4.78 is 9.71. The molecular formula is C24H31N3O7. The van der Waals surface area contributed by atoms with Gasteiger partial charge in [-0.15, -0.1) is 13.0 Å². The second-order valence-corrected chi connectivity index (χ2v) is 8.09. The quantitative estimate of drug-likeness (QED) is 0.261. The molecule has 1 rings (SSSR count). The van der Waals surface area contributed by atoms with Crippen LogP contribution in [0.2, 0.25) is 0 Å². The maximum atomic E-state index is 13.4. The molecule has 1 aromatic carbocycles. The summed E-state index contributed by atoms with van der Waals surface area (Å²) in [6.07, 6.45) is 6.05. The Morgan fingerprint density at radius 3 is 2.44 bits per heavy atom. The molecule has 10 nitrogen and oxygen atoms in total. The number of esters is 1. The smallest absolute Gasteiger partial charge is 0.408 e. The van der Waals surface area contributed by atoms with Gasteiger partial charge in [0.15, 0.2) is 0 Å². The van der Waals surface area contributed by atoms with Gasteiger partial charge >= 0.3 is 12.1 Å². The van der Waals surface area contributed by atoms with E-state index in [1.54, 1.807) is 45.0 Å². The van der Waals surface area contributed by atoms with Crippen molar-refractivity contribution in [2.24, 2.45) is 0 Å². The number of nitrogens with one attached hydrogen (secondary N) is 2. The number of alkyl carbamates (subject to hydrolysis) is 1. The minimum atomic E-state index is -1.43. The van der Waals surface area contributed by atoms with Crippen LogP contribution in [-0.4, -0.2) is 72.3 Å². The van der Waals surface area contributed by atoms with Gasteiger partial charge in [-0.2, -0.15) is 0 Å². The van der Waals surface area contributed by atoms with E-state index in [4.69, 9.17) is 11.2 Å². The van der Waals surface area contributed by atoms with E-state index in [1.807, 2.05) is 0 Å². The monoisotopic (exact) mass is 473 g/mol. The lowest BCUT2D eigenvalue weighted by Gasteiger charge is -2.33. The van der Waals surface area contributed by atoms with Crippen LogP contribution in [0.5, 0.6) is 0 Å². The number of aliphatic hydroxyl groups excluding tert-OH is 1. The van der Waals surface area contributed by atoms with Crippen LogP contribution in [0.15, 0.2) is 36.9 Å². The van der Waals surface area contributed by atoms with Crippen molar-refractivity contribution in [3.05, 3.63) is 48.0 Å². The molecule has 0 radical (unpaired) electrons. The topological polar surface area (TPSA) is 134 Å². The number of terminal acetylenes is 1. The number of hydrogen-bond acceptors (Lipinski definition) is 7. The summed E-state index contributed by atoms with van der Waals surface area (Å²) in [5.74, 6) is 0.256. The first-order chi connectivity index (χ1) is 16.0. The lowest BCUT2D eigenvalue weighted by atomic mass is 9.97. The summed E-state index contributed by atoms with van der Waals surface area (Å²) in [4.78, 5) is 51.4. The van der Waals surface area contributed by atoms with Crippen LogP contribution in [0.25, 0.3) is 0 Å². The molecule has 2 unspecified atom stereocenters. The number of carbonyl (C=O) groups excluding carboxylic acids is 4. The number of ether oxygens (including phenoxy) is 2. The Kier molecular flexibility index (Phi) is 10.8. The maximum absolute atomic E-state index is 13.4. The lowest BCUT2D eigenvalue weighted by Crippen LogP contribution is -2.54. The van der Waals surface area contributed by atoms with Gasteiger partial charge in [0, 0.05) is 12.1 Å². The number of methoxy groups -OCH3 is 1. The fourth-order valence-electron chi connectivity index (χ4n) is 2.94. The molecule has 0 fully saturated rings. The summed E-state index contributed by atoms with van der Waals surface area (Å²) in [6.45, 7) is 7.21. The van der Waals surface area contributed by atoms with Crippen molar-refractivity contribution in [1.82, 2.24) is 15.5 Å². The average Bonchev–Trinajstić information content (AvgIpc) is 2.79. The van der Waals surface area contributed by atoms with Crippen molar-refractivity contribution < 1.29 is 33.8 Å². The second kappa shape index (κ2) is 13.0. The lowest BCUT2D eigenvalue weighted by molar-refractivity contribution is -0.144. The number of nitrogens with zero attached hydrogens (tertiary/aromatic N) is 1. The Morgan fingerprint density at radius 2 is 1.91 bits per heavy atom. The molecule has 3 amide bonds. The van der Waals surface area contributed by atoms with Gasteiger partial charge in [-0.3, -0.25) is 14.4 Å². The molecule has 0 saturated carbocycles. The Morgan fingerprint density at radius 1 is 1.26 bits per heavy atom. The van der Waals surface area contributed by atoms with Crippen molar-refractivity contribution >= 4 is 23.9 Å². The second-order valence-electron chi connectivity index (χ2n) is 8.09. The Labute approximate surface area is 199 Å². The third-order valence-electron chi connectivity index (χ3n) is 4.39. The van der Waals surface area contributed by atoms with E-state index < -0.39 is 54.7 Å². The third-order valence-corrected chi connectivity index (χ3v) is 4.39. The fraction of sp³-hybridized carbons (Fsp3) is 0.417. The van der Waals surface area contributed by atoms with Crippen LogP contribution in [0.3, 0.4) is 0 Å². The summed E-state index contributed by atoms with van der Waals surface area (Å²) >= 11 is 0. The van der Waals surface area contributed by atoms with E-state index >= 15 is 0 Å². The highest BCUT2D eigenvalue weighted by molar-refractivity contribution is 5.93. The highest BCUT2D eigenvalue weighted by atomic mass is 16.6. The number of amides is 3. The largest absolute Gasteiger partial charge is 0.468 e. The molecular weight excluding hydrogens is 442 g/mol. The number of aliphatic hydroxyl groups is 1. The first-order valence-corrected chi connectivity index (χ1v) is 10.4. The van der Waals surface area contributed by atoms with E-state index in [0.717, 1.165) is 4.90 Å². The molecule has 0 saturated heterocycles. The van der Waals surface area contributed by atoms with Crippen molar-refractivity contribution in [1.29, 1.82) is 0 Å². The van der Waals surface area contributed by atoms with Gasteiger partial charge in [-0.05, 0) is 32.4 Å². The SMILES string of the molecule is C#Cc1ccccc1C(C(=O)NCC(=O)OC)N(CC=C)C(=O)C(CO)NC(=O)OC(C)(C)C. The number of rotatable bonds is 10. The fourth-order valence-corrected chi connectivity index (χ4v) is 2.94. The average molecular weight is 474 g/mol. The van der Waals surface area contributed by atoms with E-state index in [2.05, 4.69) is 27.9 Å². The first-order valence-electron chi connectivity index (χ1n) is 10.4. The van der Waals surface area contributed by atoms with E-state index in [0.29, 0.717) is 11.1 Å². The van der Waals surface area contributed by atoms with Crippen molar-refractivity contribution in [2.75, 3.05) is 26.8 Å². The number of benzene rings is 1.